The molecule has 3 aromatic carbocycles. The molecule has 10 heteroatoms. The molecule has 0 aliphatic carbocycles. The van der Waals surface area contributed by atoms with Crippen molar-refractivity contribution in [1.29, 1.82) is 0 Å². The Morgan fingerprint density at radius 1 is 0.925 bits per heavy atom. The zero-order chi connectivity index (χ0) is 29.3. The maximum absolute atomic E-state index is 14.0. The van der Waals surface area contributed by atoms with Crippen LogP contribution in [0.4, 0.5) is 5.69 Å². The van der Waals surface area contributed by atoms with Crippen LogP contribution < -0.4 is 14.4 Å². The lowest BCUT2D eigenvalue weighted by Gasteiger charge is -2.33. The molecule has 2 atom stereocenters. The summed E-state index contributed by atoms with van der Waals surface area (Å²) in [5.74, 6) is -0.148. The number of methoxy groups -OCH3 is 1. The number of hydrogen-bond acceptors (Lipinski definition) is 5. The van der Waals surface area contributed by atoms with Gasteiger partial charge < -0.3 is 15.0 Å². The predicted octanol–water partition coefficient (Wildman–Crippen LogP) is 5.27. The molecule has 0 heterocycles. The predicted molar refractivity (Wildman–Crippen MR) is 158 cm³/mol. The van der Waals surface area contributed by atoms with Gasteiger partial charge in [-0.15, -0.1) is 0 Å². The summed E-state index contributed by atoms with van der Waals surface area (Å²) in [6.45, 7) is 5.28. The van der Waals surface area contributed by atoms with E-state index in [2.05, 4.69) is 5.32 Å². The van der Waals surface area contributed by atoms with Gasteiger partial charge in [0, 0.05) is 17.6 Å². The van der Waals surface area contributed by atoms with Gasteiger partial charge in [0.25, 0.3) is 10.0 Å². The van der Waals surface area contributed by atoms with Crippen LogP contribution in [-0.2, 0) is 26.2 Å². The van der Waals surface area contributed by atoms with Crippen molar-refractivity contribution in [2.75, 3.05) is 18.0 Å². The first-order valence-electron chi connectivity index (χ1n) is 13.2. The number of anilines is 1. The molecule has 0 bridgehead atoms. The Morgan fingerprint density at radius 2 is 1.55 bits per heavy atom. The van der Waals surface area contributed by atoms with Crippen LogP contribution in [0.25, 0.3) is 0 Å². The third-order valence-corrected chi connectivity index (χ3v) is 8.66. The van der Waals surface area contributed by atoms with E-state index in [0.29, 0.717) is 17.2 Å². The molecule has 0 saturated heterocycles. The fourth-order valence-electron chi connectivity index (χ4n) is 4.14. The Labute approximate surface area is 241 Å². The zero-order valence-electron chi connectivity index (χ0n) is 23.2. The normalized spacial score (nSPS) is 12.7. The van der Waals surface area contributed by atoms with Crippen molar-refractivity contribution >= 4 is 39.1 Å². The number of hydrogen-bond donors (Lipinski definition) is 1. The molecule has 40 heavy (non-hydrogen) atoms. The minimum Gasteiger partial charge on any atom is -0.497 e. The molecule has 0 unspecified atom stereocenters. The molecule has 1 N–H and O–H groups in total. The Morgan fingerprint density at radius 3 is 2.10 bits per heavy atom. The molecule has 214 valence electrons. The molecule has 3 aromatic rings. The molecule has 0 aliphatic rings. The molecule has 8 nitrogen and oxygen atoms in total. The van der Waals surface area contributed by atoms with Gasteiger partial charge >= 0.3 is 0 Å². The second-order valence-corrected chi connectivity index (χ2v) is 11.7. The Bertz CT molecular complexity index is 1370. The van der Waals surface area contributed by atoms with Gasteiger partial charge in [-0.3, -0.25) is 13.9 Å². The number of nitrogens with zero attached hydrogens (tertiary/aromatic N) is 2. The van der Waals surface area contributed by atoms with E-state index in [1.54, 1.807) is 61.7 Å². The van der Waals surface area contributed by atoms with Gasteiger partial charge in [-0.25, -0.2) is 8.42 Å². The number of sulfonamides is 1. The fourth-order valence-corrected chi connectivity index (χ4v) is 5.71. The van der Waals surface area contributed by atoms with Crippen LogP contribution in [0.1, 0.15) is 39.2 Å². The maximum Gasteiger partial charge on any atom is 0.264 e. The topological polar surface area (TPSA) is 96.0 Å². The largest absolute Gasteiger partial charge is 0.497 e. The highest BCUT2D eigenvalue weighted by molar-refractivity contribution is 7.92. The van der Waals surface area contributed by atoms with E-state index in [4.69, 9.17) is 16.3 Å². The number of amides is 2. The number of ether oxygens (including phenoxy) is 1. The highest BCUT2D eigenvalue weighted by Gasteiger charge is 2.34. The van der Waals surface area contributed by atoms with Crippen LogP contribution in [0.3, 0.4) is 0 Å². The van der Waals surface area contributed by atoms with Crippen LogP contribution in [0.15, 0.2) is 83.8 Å². The standard InChI is InChI=1S/C30H36ClN3O5S/c1-5-22(3)32-30(36)28(6-2)33(20-23-12-18-26(39-4)19-13-23)29(35)21-34(25-16-14-24(31)15-17-25)40(37,38)27-10-8-7-9-11-27/h7-19,22,28H,5-6,20-21H2,1-4H3,(H,32,36)/t22-,28+/m1/s1. The summed E-state index contributed by atoms with van der Waals surface area (Å²) in [4.78, 5) is 28.9. The van der Waals surface area contributed by atoms with E-state index in [9.17, 15) is 18.0 Å². The second kappa shape index (κ2) is 14.2. The van der Waals surface area contributed by atoms with Crippen LogP contribution in [0, 0.1) is 0 Å². The summed E-state index contributed by atoms with van der Waals surface area (Å²) in [6, 6.07) is 20.5. The molecule has 0 radical (unpaired) electrons. The molecular weight excluding hydrogens is 550 g/mol. The van der Waals surface area contributed by atoms with Crippen LogP contribution in [-0.4, -0.2) is 50.9 Å². The Kier molecular flexibility index (Phi) is 11.0. The van der Waals surface area contributed by atoms with E-state index in [0.717, 1.165) is 16.3 Å². The van der Waals surface area contributed by atoms with Crippen LogP contribution in [0.2, 0.25) is 5.02 Å². The summed E-state index contributed by atoms with van der Waals surface area (Å²) in [5, 5.41) is 3.40. The average Bonchev–Trinajstić information content (AvgIpc) is 2.96. The third kappa shape index (κ3) is 7.76. The number of halogens is 1. The van der Waals surface area contributed by atoms with Crippen molar-refractivity contribution in [3.63, 3.8) is 0 Å². The summed E-state index contributed by atoms with van der Waals surface area (Å²) in [6.07, 6.45) is 1.07. The SMILES string of the molecule is CC[C@@H](C)NC(=O)[C@H](CC)N(Cc1ccc(OC)cc1)C(=O)CN(c1ccc(Cl)cc1)S(=O)(=O)c1ccccc1. The van der Waals surface area contributed by atoms with E-state index < -0.39 is 28.5 Å². The van der Waals surface area contributed by atoms with Gasteiger partial charge in [0.05, 0.1) is 17.7 Å². The smallest absolute Gasteiger partial charge is 0.264 e. The lowest BCUT2D eigenvalue weighted by Crippen LogP contribution is -2.53. The molecule has 0 fully saturated rings. The number of rotatable bonds is 13. The van der Waals surface area contributed by atoms with Crippen molar-refractivity contribution in [2.24, 2.45) is 0 Å². The second-order valence-electron chi connectivity index (χ2n) is 9.41. The van der Waals surface area contributed by atoms with E-state index in [1.165, 1.54) is 17.0 Å². The Hall–Kier alpha value is -3.56. The van der Waals surface area contributed by atoms with Gasteiger partial charge in [-0.1, -0.05) is 55.8 Å². The third-order valence-electron chi connectivity index (χ3n) is 6.62. The lowest BCUT2D eigenvalue weighted by atomic mass is 10.1. The van der Waals surface area contributed by atoms with Gasteiger partial charge in [-0.2, -0.15) is 0 Å². The molecule has 0 aromatic heterocycles. The zero-order valence-corrected chi connectivity index (χ0v) is 24.8. The van der Waals surface area contributed by atoms with Crippen molar-refractivity contribution in [3.8, 4) is 5.75 Å². The monoisotopic (exact) mass is 585 g/mol. The number of carbonyl (C=O) groups is 2. The van der Waals surface area contributed by atoms with Crippen molar-refractivity contribution in [2.45, 2.75) is 57.1 Å². The first kappa shape index (κ1) is 31.0. The van der Waals surface area contributed by atoms with Gasteiger partial charge in [0.1, 0.15) is 18.3 Å². The first-order chi connectivity index (χ1) is 19.1. The van der Waals surface area contributed by atoms with Crippen molar-refractivity contribution < 1.29 is 22.7 Å². The van der Waals surface area contributed by atoms with Crippen LogP contribution >= 0.6 is 11.6 Å². The number of carbonyl (C=O) groups excluding carboxylic acids is 2. The molecular formula is C30H36ClN3O5S. The van der Waals surface area contributed by atoms with Crippen LogP contribution in [0.5, 0.6) is 5.75 Å². The fraction of sp³-hybridized carbons (Fsp3) is 0.333. The Balaban J connectivity index is 2.03. The minimum atomic E-state index is -4.13. The molecule has 3 rings (SSSR count). The number of nitrogens with one attached hydrogen (secondary N) is 1. The molecule has 0 saturated carbocycles. The van der Waals surface area contributed by atoms with Gasteiger partial charge in [0.2, 0.25) is 11.8 Å². The average molecular weight is 586 g/mol. The van der Waals surface area contributed by atoms with Gasteiger partial charge in [0.15, 0.2) is 0 Å². The lowest BCUT2D eigenvalue weighted by molar-refractivity contribution is -0.140. The quantitative estimate of drug-likeness (QED) is 0.295. The van der Waals surface area contributed by atoms with Crippen molar-refractivity contribution in [1.82, 2.24) is 10.2 Å². The summed E-state index contributed by atoms with van der Waals surface area (Å²) in [7, 11) is -2.56. The highest BCUT2D eigenvalue weighted by atomic mass is 35.5. The molecule has 0 spiro atoms. The van der Waals surface area contributed by atoms with E-state index in [-0.39, 0.29) is 29.1 Å². The maximum atomic E-state index is 14.0. The molecule has 0 aliphatic heterocycles. The first-order valence-corrected chi connectivity index (χ1v) is 15.0. The van der Waals surface area contributed by atoms with E-state index in [1.807, 2.05) is 32.9 Å². The molecule has 2 amide bonds. The summed E-state index contributed by atoms with van der Waals surface area (Å²) >= 11 is 6.07. The summed E-state index contributed by atoms with van der Waals surface area (Å²) in [5.41, 5.74) is 1.05. The summed E-state index contributed by atoms with van der Waals surface area (Å²) < 4.78 is 33.9. The van der Waals surface area contributed by atoms with Gasteiger partial charge in [-0.05, 0) is 73.9 Å². The van der Waals surface area contributed by atoms with Crippen molar-refractivity contribution in [3.05, 3.63) is 89.4 Å². The van der Waals surface area contributed by atoms with E-state index >= 15 is 0 Å². The minimum absolute atomic E-state index is 0.0426. The highest BCUT2D eigenvalue weighted by Crippen LogP contribution is 2.26. The number of benzene rings is 3.